The van der Waals surface area contributed by atoms with Gasteiger partial charge in [0.2, 0.25) is 0 Å². The summed E-state index contributed by atoms with van der Waals surface area (Å²) in [5, 5.41) is 5.41. The van der Waals surface area contributed by atoms with Gasteiger partial charge in [0.25, 0.3) is 5.91 Å². The zero-order valence-corrected chi connectivity index (χ0v) is 19.5. The molecule has 0 aliphatic carbocycles. The lowest BCUT2D eigenvalue weighted by atomic mass is 10.1. The van der Waals surface area contributed by atoms with Gasteiger partial charge in [-0.2, -0.15) is 0 Å². The minimum Gasteiger partial charge on any atom is -0.324 e. The van der Waals surface area contributed by atoms with E-state index in [2.05, 4.69) is 10.3 Å². The first kappa shape index (κ1) is 22.9. The first-order valence-corrected chi connectivity index (χ1v) is 11.2. The maximum atomic E-state index is 11.8. The van der Waals surface area contributed by atoms with Crippen LogP contribution >= 0.6 is 46.4 Å². The summed E-state index contributed by atoms with van der Waals surface area (Å²) in [7, 11) is 0. The molecule has 4 rings (SSSR count). The molecule has 0 saturated carbocycles. The van der Waals surface area contributed by atoms with Crippen molar-refractivity contribution in [3.05, 3.63) is 99.8 Å². The molecule has 3 aromatic rings. The molecule has 1 N–H and O–H groups in total. The molecule has 0 radical (unpaired) electrons. The van der Waals surface area contributed by atoms with E-state index in [1.54, 1.807) is 41.6 Å². The minimum absolute atomic E-state index is 0.474. The van der Waals surface area contributed by atoms with Crippen molar-refractivity contribution in [1.29, 1.82) is 0 Å². The number of nitrogens with zero attached hydrogens (tertiary/aromatic N) is 2. The van der Waals surface area contributed by atoms with Crippen molar-refractivity contribution in [2.75, 3.05) is 5.32 Å². The third kappa shape index (κ3) is 5.20. The SMILES string of the molecule is O=C(Nc1ccnc(C2C=C(c3c(Cl)cccc3Cl)N(Cc3ccccc3)O2)c1)C(Cl)Cl. The van der Waals surface area contributed by atoms with Gasteiger partial charge in [-0.1, -0.05) is 82.8 Å². The first-order valence-electron chi connectivity index (χ1n) is 9.62. The molecule has 0 bridgehead atoms. The van der Waals surface area contributed by atoms with E-state index in [1.165, 1.54) is 0 Å². The van der Waals surface area contributed by atoms with Gasteiger partial charge < -0.3 is 5.32 Å². The minimum atomic E-state index is -1.18. The van der Waals surface area contributed by atoms with Crippen LogP contribution in [0.4, 0.5) is 5.69 Å². The number of hydrogen-bond acceptors (Lipinski definition) is 4. The van der Waals surface area contributed by atoms with Crippen LogP contribution in [-0.2, 0) is 16.2 Å². The number of alkyl halides is 2. The van der Waals surface area contributed by atoms with Gasteiger partial charge in [-0.3, -0.25) is 14.6 Å². The van der Waals surface area contributed by atoms with Crippen LogP contribution < -0.4 is 5.32 Å². The summed E-state index contributed by atoms with van der Waals surface area (Å²) in [6, 6.07) is 18.6. The summed E-state index contributed by atoms with van der Waals surface area (Å²) < 4.78 is 0. The normalized spacial score (nSPS) is 15.7. The zero-order chi connectivity index (χ0) is 22.7. The van der Waals surface area contributed by atoms with Crippen LogP contribution in [0.5, 0.6) is 0 Å². The Balaban J connectivity index is 1.68. The van der Waals surface area contributed by atoms with Crippen LogP contribution in [0.1, 0.15) is 22.9 Å². The molecule has 1 unspecified atom stereocenters. The summed E-state index contributed by atoms with van der Waals surface area (Å²) in [6.07, 6.45) is 2.94. The van der Waals surface area contributed by atoms with Gasteiger partial charge in [-0.05, 0) is 35.9 Å². The average Bonchev–Trinajstić information content (AvgIpc) is 3.18. The van der Waals surface area contributed by atoms with E-state index in [4.69, 9.17) is 51.2 Å². The number of hydrogen-bond donors (Lipinski definition) is 1. The van der Waals surface area contributed by atoms with Crippen molar-refractivity contribution in [3.8, 4) is 0 Å². The topological polar surface area (TPSA) is 54.5 Å². The van der Waals surface area contributed by atoms with Gasteiger partial charge in [0.1, 0.15) is 6.10 Å². The second-order valence-electron chi connectivity index (χ2n) is 6.96. The molecule has 0 spiro atoms. The lowest BCUT2D eigenvalue weighted by molar-refractivity contribution is -0.131. The Bertz CT molecular complexity index is 1130. The summed E-state index contributed by atoms with van der Waals surface area (Å²) >= 11 is 24.2. The summed E-state index contributed by atoms with van der Waals surface area (Å²) in [5.41, 5.74) is 3.53. The summed E-state index contributed by atoms with van der Waals surface area (Å²) in [5.74, 6) is -0.525. The van der Waals surface area contributed by atoms with E-state index in [1.807, 2.05) is 36.4 Å². The molecule has 5 nitrogen and oxygen atoms in total. The van der Waals surface area contributed by atoms with Crippen LogP contribution in [0.15, 0.2) is 72.9 Å². The second kappa shape index (κ2) is 10.1. The van der Waals surface area contributed by atoms with Gasteiger partial charge in [-0.15, -0.1) is 0 Å². The van der Waals surface area contributed by atoms with E-state index in [-0.39, 0.29) is 0 Å². The monoisotopic (exact) mass is 507 g/mol. The maximum Gasteiger partial charge on any atom is 0.257 e. The molecule has 1 atom stereocenters. The molecule has 32 heavy (non-hydrogen) atoms. The Morgan fingerprint density at radius 2 is 1.78 bits per heavy atom. The Morgan fingerprint density at radius 1 is 1.06 bits per heavy atom. The highest BCUT2D eigenvalue weighted by Crippen LogP contribution is 2.41. The Morgan fingerprint density at radius 3 is 2.47 bits per heavy atom. The number of benzene rings is 2. The smallest absolute Gasteiger partial charge is 0.257 e. The van der Waals surface area contributed by atoms with Crippen LogP contribution in [0.25, 0.3) is 5.70 Å². The number of carbonyl (C=O) groups excluding carboxylic acids is 1. The highest BCUT2D eigenvalue weighted by atomic mass is 35.5. The quantitative estimate of drug-likeness (QED) is 0.378. The van der Waals surface area contributed by atoms with E-state index in [9.17, 15) is 4.79 Å². The van der Waals surface area contributed by atoms with Gasteiger partial charge in [0.15, 0.2) is 4.84 Å². The molecule has 0 fully saturated rings. The molecule has 1 aromatic heterocycles. The summed E-state index contributed by atoms with van der Waals surface area (Å²) in [6.45, 7) is 0.474. The third-order valence-electron chi connectivity index (χ3n) is 4.74. The number of nitrogens with one attached hydrogen (secondary N) is 1. The van der Waals surface area contributed by atoms with Crippen LogP contribution in [0, 0.1) is 0 Å². The predicted octanol–water partition coefficient (Wildman–Crippen LogP) is 6.66. The zero-order valence-electron chi connectivity index (χ0n) is 16.5. The molecule has 2 aromatic carbocycles. The molecule has 0 saturated heterocycles. The molecule has 9 heteroatoms. The number of aromatic nitrogens is 1. The molecule has 164 valence electrons. The highest BCUT2D eigenvalue weighted by Gasteiger charge is 2.30. The Kier molecular flexibility index (Phi) is 7.23. The van der Waals surface area contributed by atoms with E-state index < -0.39 is 16.8 Å². The number of pyridine rings is 1. The standard InChI is InChI=1S/C23H17Cl4N3O2/c24-16-7-4-8-17(25)21(16)19-12-20(32-30(19)13-14-5-2-1-3-6-14)18-11-15(9-10-28-18)29-23(31)22(26)27/h1-12,20,22H,13H2,(H,28,29,31). The average molecular weight is 509 g/mol. The third-order valence-corrected chi connectivity index (χ3v) is 5.77. The molecular formula is C23H17Cl4N3O2. The Labute approximate surface area is 205 Å². The Hall–Kier alpha value is -2.28. The molecule has 1 amide bonds. The van der Waals surface area contributed by atoms with E-state index in [0.29, 0.717) is 33.5 Å². The van der Waals surface area contributed by atoms with Crippen LogP contribution in [0.2, 0.25) is 10.0 Å². The van der Waals surface area contributed by atoms with Crippen molar-refractivity contribution in [2.45, 2.75) is 17.5 Å². The first-order chi connectivity index (χ1) is 15.4. The lowest BCUT2D eigenvalue weighted by Crippen LogP contribution is -2.20. The molecule has 2 heterocycles. The molecule has 1 aliphatic heterocycles. The van der Waals surface area contributed by atoms with Gasteiger partial charge in [-0.25, -0.2) is 5.06 Å². The highest BCUT2D eigenvalue weighted by molar-refractivity contribution is 6.54. The fourth-order valence-corrected chi connectivity index (χ4v) is 3.99. The van der Waals surface area contributed by atoms with Crippen LogP contribution in [-0.4, -0.2) is 20.8 Å². The number of rotatable bonds is 6. The van der Waals surface area contributed by atoms with Crippen molar-refractivity contribution in [3.63, 3.8) is 0 Å². The number of anilines is 1. The van der Waals surface area contributed by atoms with Gasteiger partial charge in [0.05, 0.1) is 28.0 Å². The second-order valence-corrected chi connectivity index (χ2v) is 8.87. The fraction of sp³-hybridized carbons (Fsp3) is 0.130. The van der Waals surface area contributed by atoms with Crippen molar-refractivity contribution in [1.82, 2.24) is 10.0 Å². The molecular weight excluding hydrogens is 492 g/mol. The maximum absolute atomic E-state index is 11.8. The number of carbonyl (C=O) groups is 1. The fourth-order valence-electron chi connectivity index (χ4n) is 3.29. The van der Waals surface area contributed by atoms with Gasteiger partial charge in [0, 0.05) is 17.4 Å². The van der Waals surface area contributed by atoms with E-state index in [0.717, 1.165) is 11.3 Å². The number of halogens is 4. The van der Waals surface area contributed by atoms with Gasteiger partial charge >= 0.3 is 0 Å². The molecule has 1 aliphatic rings. The van der Waals surface area contributed by atoms with Crippen LogP contribution in [0.3, 0.4) is 0 Å². The number of amides is 1. The number of hydroxylamine groups is 2. The van der Waals surface area contributed by atoms with Crippen molar-refractivity contribution in [2.24, 2.45) is 0 Å². The lowest BCUT2D eigenvalue weighted by Gasteiger charge is -2.23. The largest absolute Gasteiger partial charge is 0.324 e. The van der Waals surface area contributed by atoms with E-state index >= 15 is 0 Å². The van der Waals surface area contributed by atoms with Crippen molar-refractivity contribution < 1.29 is 9.63 Å². The van der Waals surface area contributed by atoms with Crippen molar-refractivity contribution >= 4 is 63.7 Å². The predicted molar refractivity (Wildman–Crippen MR) is 129 cm³/mol. The summed E-state index contributed by atoms with van der Waals surface area (Å²) in [4.78, 5) is 21.3.